The first-order valence-electron chi connectivity index (χ1n) is 6.36. The monoisotopic (exact) mass is 267 g/mol. The number of aromatic nitrogens is 3. The number of aromatic amines is 1. The maximum Gasteiger partial charge on any atom is 0.338 e. The summed E-state index contributed by atoms with van der Waals surface area (Å²) in [6.45, 7) is 2.14. The van der Waals surface area contributed by atoms with Crippen LogP contribution >= 0.6 is 0 Å². The number of nitrogens with one attached hydrogen (secondary N) is 1. The summed E-state index contributed by atoms with van der Waals surface area (Å²) in [4.78, 5) is 23.6. The van der Waals surface area contributed by atoms with Gasteiger partial charge in [0.15, 0.2) is 5.82 Å². The lowest BCUT2D eigenvalue weighted by molar-refractivity contribution is 0.0526. The van der Waals surface area contributed by atoms with E-state index in [2.05, 4.69) is 15.0 Å². The van der Waals surface area contributed by atoms with E-state index in [0.29, 0.717) is 18.0 Å². The number of imidazole rings is 1. The number of H-pyrrole nitrogens is 1. The third kappa shape index (κ3) is 2.25. The van der Waals surface area contributed by atoms with Crippen LogP contribution in [0.25, 0.3) is 22.6 Å². The molecular formula is C15H13N3O2. The van der Waals surface area contributed by atoms with Crippen LogP contribution in [0.1, 0.15) is 17.3 Å². The molecule has 5 nitrogen and oxygen atoms in total. The lowest BCUT2D eigenvalue weighted by atomic mass is 10.2. The Hall–Kier alpha value is -2.69. The Balaban J connectivity index is 2.02. The molecule has 0 amide bonds. The zero-order valence-electron chi connectivity index (χ0n) is 11.0. The van der Waals surface area contributed by atoms with Gasteiger partial charge in [-0.3, -0.25) is 4.98 Å². The fourth-order valence-electron chi connectivity index (χ4n) is 1.98. The van der Waals surface area contributed by atoms with Crippen LogP contribution in [0.4, 0.5) is 0 Å². The summed E-state index contributed by atoms with van der Waals surface area (Å²) in [5.41, 5.74) is 2.85. The summed E-state index contributed by atoms with van der Waals surface area (Å²) in [5, 5.41) is 0. The molecule has 5 heteroatoms. The van der Waals surface area contributed by atoms with Crippen molar-refractivity contribution in [3.63, 3.8) is 0 Å². The van der Waals surface area contributed by atoms with Crippen LogP contribution in [0.3, 0.4) is 0 Å². The molecule has 0 atom stereocenters. The summed E-state index contributed by atoms with van der Waals surface area (Å²) >= 11 is 0. The van der Waals surface area contributed by atoms with E-state index < -0.39 is 0 Å². The summed E-state index contributed by atoms with van der Waals surface area (Å²) in [5.74, 6) is 0.352. The second-order valence-corrected chi connectivity index (χ2v) is 4.25. The van der Waals surface area contributed by atoms with Gasteiger partial charge in [-0.1, -0.05) is 6.07 Å². The number of fused-ring (bicyclic) bond motifs is 1. The van der Waals surface area contributed by atoms with Gasteiger partial charge in [-0.15, -0.1) is 0 Å². The molecule has 0 saturated carbocycles. The molecule has 3 aromatic rings. The second-order valence-electron chi connectivity index (χ2n) is 4.25. The number of benzene rings is 1. The van der Waals surface area contributed by atoms with Crippen LogP contribution in [0, 0.1) is 0 Å². The van der Waals surface area contributed by atoms with Crippen molar-refractivity contribution in [2.24, 2.45) is 0 Å². The van der Waals surface area contributed by atoms with Gasteiger partial charge in [0.1, 0.15) is 5.69 Å². The van der Waals surface area contributed by atoms with Gasteiger partial charge in [0.2, 0.25) is 0 Å². The SMILES string of the molecule is CCOC(=O)c1ccc2nc(-c3ccccn3)[nH]c2c1. The van der Waals surface area contributed by atoms with Crippen molar-refractivity contribution < 1.29 is 9.53 Å². The molecule has 2 heterocycles. The molecule has 3 rings (SSSR count). The molecular weight excluding hydrogens is 254 g/mol. The minimum Gasteiger partial charge on any atom is -0.462 e. The summed E-state index contributed by atoms with van der Waals surface area (Å²) in [7, 11) is 0. The van der Waals surface area contributed by atoms with Crippen LogP contribution in [-0.4, -0.2) is 27.5 Å². The largest absolute Gasteiger partial charge is 0.462 e. The lowest BCUT2D eigenvalue weighted by Gasteiger charge is -2.00. The standard InChI is InChI=1S/C15H13N3O2/c1-2-20-15(19)10-6-7-11-13(9-10)18-14(17-11)12-5-3-4-8-16-12/h3-9H,2H2,1H3,(H,17,18). The topological polar surface area (TPSA) is 67.9 Å². The highest BCUT2D eigenvalue weighted by Gasteiger charge is 2.10. The molecule has 2 aromatic heterocycles. The van der Waals surface area contributed by atoms with E-state index in [0.717, 1.165) is 16.7 Å². The maximum absolute atomic E-state index is 11.7. The predicted molar refractivity (Wildman–Crippen MR) is 75.3 cm³/mol. The number of nitrogens with zero attached hydrogens (tertiary/aromatic N) is 2. The van der Waals surface area contributed by atoms with Gasteiger partial charge in [0, 0.05) is 6.20 Å². The zero-order valence-corrected chi connectivity index (χ0v) is 11.0. The minimum absolute atomic E-state index is 0.330. The molecule has 1 N–H and O–H groups in total. The zero-order chi connectivity index (χ0) is 13.9. The van der Waals surface area contributed by atoms with Crippen LogP contribution in [0.2, 0.25) is 0 Å². The number of hydrogen-bond donors (Lipinski definition) is 1. The highest BCUT2D eigenvalue weighted by Crippen LogP contribution is 2.19. The minimum atomic E-state index is -0.330. The van der Waals surface area contributed by atoms with Crippen LogP contribution < -0.4 is 0 Å². The molecule has 0 spiro atoms. The smallest absolute Gasteiger partial charge is 0.338 e. The van der Waals surface area contributed by atoms with E-state index in [4.69, 9.17) is 4.74 Å². The molecule has 0 aliphatic heterocycles. The first kappa shape index (κ1) is 12.3. The van der Waals surface area contributed by atoms with Crippen molar-refractivity contribution in [1.29, 1.82) is 0 Å². The first-order valence-corrected chi connectivity index (χ1v) is 6.36. The molecule has 100 valence electrons. The quantitative estimate of drug-likeness (QED) is 0.741. The number of hydrogen-bond acceptors (Lipinski definition) is 4. The van der Waals surface area contributed by atoms with Crippen LogP contribution in [-0.2, 0) is 4.74 Å². The van der Waals surface area contributed by atoms with Gasteiger partial charge in [-0.2, -0.15) is 0 Å². The Morgan fingerprint density at radius 3 is 2.95 bits per heavy atom. The number of esters is 1. The average molecular weight is 267 g/mol. The molecule has 0 radical (unpaired) electrons. The van der Waals surface area contributed by atoms with E-state index in [1.54, 1.807) is 31.3 Å². The number of ether oxygens (including phenoxy) is 1. The summed E-state index contributed by atoms with van der Waals surface area (Å²) in [6, 6.07) is 10.9. The fraction of sp³-hybridized carbons (Fsp3) is 0.133. The predicted octanol–water partition coefficient (Wildman–Crippen LogP) is 2.80. The average Bonchev–Trinajstić information content (AvgIpc) is 2.91. The molecule has 0 aliphatic rings. The second kappa shape index (κ2) is 5.13. The van der Waals surface area contributed by atoms with Crippen molar-refractivity contribution in [1.82, 2.24) is 15.0 Å². The lowest BCUT2D eigenvalue weighted by Crippen LogP contribution is -2.04. The molecule has 0 fully saturated rings. The molecule has 0 saturated heterocycles. The van der Waals surface area contributed by atoms with Gasteiger partial charge in [0.05, 0.1) is 23.2 Å². The van der Waals surface area contributed by atoms with E-state index in [-0.39, 0.29) is 5.97 Å². The van der Waals surface area contributed by atoms with Crippen molar-refractivity contribution in [3.05, 3.63) is 48.2 Å². The van der Waals surface area contributed by atoms with Crippen LogP contribution in [0.15, 0.2) is 42.6 Å². The van der Waals surface area contributed by atoms with Gasteiger partial charge in [-0.05, 0) is 37.3 Å². The van der Waals surface area contributed by atoms with E-state index in [1.165, 1.54) is 0 Å². The van der Waals surface area contributed by atoms with Gasteiger partial charge < -0.3 is 9.72 Å². The first-order chi connectivity index (χ1) is 9.78. The van der Waals surface area contributed by atoms with Crippen LogP contribution in [0.5, 0.6) is 0 Å². The van der Waals surface area contributed by atoms with Crippen molar-refractivity contribution in [2.45, 2.75) is 6.92 Å². The Morgan fingerprint density at radius 1 is 1.30 bits per heavy atom. The Bertz CT molecular complexity index is 750. The highest BCUT2D eigenvalue weighted by atomic mass is 16.5. The Kier molecular flexibility index (Phi) is 3.16. The third-order valence-electron chi connectivity index (χ3n) is 2.90. The molecule has 1 aromatic carbocycles. The molecule has 0 unspecified atom stereocenters. The number of pyridine rings is 1. The number of carbonyl (C=O) groups excluding carboxylic acids is 1. The van der Waals surface area contributed by atoms with E-state index in [9.17, 15) is 4.79 Å². The van der Waals surface area contributed by atoms with E-state index >= 15 is 0 Å². The Labute approximate surface area is 115 Å². The maximum atomic E-state index is 11.7. The van der Waals surface area contributed by atoms with Gasteiger partial charge in [-0.25, -0.2) is 9.78 Å². The van der Waals surface area contributed by atoms with Crippen molar-refractivity contribution in [3.8, 4) is 11.5 Å². The molecule has 0 aliphatic carbocycles. The normalized spacial score (nSPS) is 10.7. The van der Waals surface area contributed by atoms with Crippen molar-refractivity contribution >= 4 is 17.0 Å². The summed E-state index contributed by atoms with van der Waals surface area (Å²) < 4.78 is 4.98. The van der Waals surface area contributed by atoms with Gasteiger partial charge in [0.25, 0.3) is 0 Å². The van der Waals surface area contributed by atoms with Crippen molar-refractivity contribution in [2.75, 3.05) is 6.61 Å². The molecule has 0 bridgehead atoms. The summed E-state index contributed by atoms with van der Waals surface area (Å²) in [6.07, 6.45) is 1.71. The third-order valence-corrected chi connectivity index (χ3v) is 2.90. The highest BCUT2D eigenvalue weighted by molar-refractivity contribution is 5.94. The van der Waals surface area contributed by atoms with E-state index in [1.807, 2.05) is 18.2 Å². The number of carbonyl (C=O) groups is 1. The molecule has 20 heavy (non-hydrogen) atoms. The Morgan fingerprint density at radius 2 is 2.20 bits per heavy atom. The van der Waals surface area contributed by atoms with Gasteiger partial charge >= 0.3 is 5.97 Å². The fourth-order valence-corrected chi connectivity index (χ4v) is 1.98. The number of rotatable bonds is 3.